The highest BCUT2D eigenvalue weighted by molar-refractivity contribution is 5.96. The second-order valence-electron chi connectivity index (χ2n) is 4.92. The maximum absolute atomic E-state index is 11.7. The summed E-state index contributed by atoms with van der Waals surface area (Å²) in [5.41, 5.74) is 7.40. The molecule has 0 bridgehead atoms. The number of nitrogens with two attached hydrogens (primary N) is 1. The quantitative estimate of drug-likeness (QED) is 0.624. The van der Waals surface area contributed by atoms with Crippen LogP contribution in [0.25, 0.3) is 0 Å². The number of hydrogen-bond acceptors (Lipinski definition) is 6. The average molecular weight is 280 g/mol. The Morgan fingerprint density at radius 2 is 2.30 bits per heavy atom. The molecule has 0 saturated carbocycles. The SMILES string of the molecule is COC(=O)c1cc(N2CC(C)OC(CO)C2)ccc1N. The van der Waals surface area contributed by atoms with Gasteiger partial charge in [0.15, 0.2) is 0 Å². The molecule has 1 heterocycles. The van der Waals surface area contributed by atoms with Gasteiger partial charge in [-0.25, -0.2) is 4.79 Å². The topological polar surface area (TPSA) is 85.0 Å². The smallest absolute Gasteiger partial charge is 0.340 e. The Morgan fingerprint density at radius 3 is 2.95 bits per heavy atom. The van der Waals surface area contributed by atoms with Crippen LogP contribution in [0, 0.1) is 0 Å². The predicted molar refractivity (Wildman–Crippen MR) is 75.8 cm³/mol. The highest BCUT2D eigenvalue weighted by atomic mass is 16.5. The van der Waals surface area contributed by atoms with Crippen molar-refractivity contribution in [1.82, 2.24) is 0 Å². The van der Waals surface area contributed by atoms with Crippen LogP contribution in [-0.4, -0.2) is 50.1 Å². The van der Waals surface area contributed by atoms with Crippen LogP contribution in [0.3, 0.4) is 0 Å². The van der Waals surface area contributed by atoms with Crippen LogP contribution in [0.5, 0.6) is 0 Å². The first-order valence-corrected chi connectivity index (χ1v) is 6.54. The van der Waals surface area contributed by atoms with Crippen LogP contribution in [0.15, 0.2) is 18.2 Å². The number of ether oxygens (including phenoxy) is 2. The number of aliphatic hydroxyl groups is 1. The number of carbonyl (C=O) groups is 1. The van der Waals surface area contributed by atoms with Crippen molar-refractivity contribution in [1.29, 1.82) is 0 Å². The largest absolute Gasteiger partial charge is 0.465 e. The average Bonchev–Trinajstić information content (AvgIpc) is 2.46. The molecule has 0 aromatic heterocycles. The highest BCUT2D eigenvalue weighted by Gasteiger charge is 2.25. The Morgan fingerprint density at radius 1 is 1.55 bits per heavy atom. The van der Waals surface area contributed by atoms with Crippen LogP contribution in [0.1, 0.15) is 17.3 Å². The molecule has 0 spiro atoms. The Bertz CT molecular complexity index is 492. The van der Waals surface area contributed by atoms with E-state index in [4.69, 9.17) is 15.2 Å². The van der Waals surface area contributed by atoms with E-state index in [0.29, 0.717) is 24.3 Å². The van der Waals surface area contributed by atoms with Gasteiger partial charge in [-0.1, -0.05) is 0 Å². The molecule has 110 valence electrons. The first kappa shape index (κ1) is 14.6. The second-order valence-corrected chi connectivity index (χ2v) is 4.92. The molecule has 1 aromatic rings. The van der Waals surface area contributed by atoms with Crippen molar-refractivity contribution >= 4 is 17.3 Å². The van der Waals surface area contributed by atoms with E-state index in [1.54, 1.807) is 12.1 Å². The molecule has 1 aromatic carbocycles. The summed E-state index contributed by atoms with van der Waals surface area (Å²) in [5, 5.41) is 9.25. The van der Waals surface area contributed by atoms with Gasteiger partial charge in [0.1, 0.15) is 0 Å². The van der Waals surface area contributed by atoms with Gasteiger partial charge in [-0.2, -0.15) is 0 Å². The van der Waals surface area contributed by atoms with Gasteiger partial charge in [-0.3, -0.25) is 0 Å². The standard InChI is InChI=1S/C14H20N2O4/c1-9-6-16(7-11(8-17)20-9)10-3-4-13(15)12(5-10)14(18)19-2/h3-5,9,11,17H,6-8,15H2,1-2H3. The number of hydrogen-bond donors (Lipinski definition) is 2. The van der Waals surface area contributed by atoms with E-state index >= 15 is 0 Å². The second kappa shape index (κ2) is 6.11. The fourth-order valence-corrected chi connectivity index (χ4v) is 2.38. The summed E-state index contributed by atoms with van der Waals surface area (Å²) in [6.45, 7) is 3.19. The van der Waals surface area contributed by atoms with E-state index in [1.807, 2.05) is 13.0 Å². The lowest BCUT2D eigenvalue weighted by Gasteiger charge is -2.37. The molecule has 2 rings (SSSR count). The fraction of sp³-hybridized carbons (Fsp3) is 0.500. The Hall–Kier alpha value is -1.79. The van der Waals surface area contributed by atoms with Gasteiger partial charge in [0, 0.05) is 24.5 Å². The number of carbonyl (C=O) groups excluding carboxylic acids is 1. The van der Waals surface area contributed by atoms with Gasteiger partial charge >= 0.3 is 5.97 Å². The Labute approximate surface area is 118 Å². The molecule has 0 amide bonds. The van der Waals surface area contributed by atoms with Gasteiger partial charge in [0.05, 0.1) is 31.5 Å². The Balaban J connectivity index is 2.26. The molecule has 3 N–H and O–H groups in total. The minimum absolute atomic E-state index is 0.0139. The fourth-order valence-electron chi connectivity index (χ4n) is 2.38. The minimum Gasteiger partial charge on any atom is -0.465 e. The minimum atomic E-state index is -0.454. The number of rotatable bonds is 3. The van der Waals surface area contributed by atoms with Crippen LogP contribution >= 0.6 is 0 Å². The summed E-state index contributed by atoms with van der Waals surface area (Å²) < 4.78 is 10.3. The molecular formula is C14H20N2O4. The maximum Gasteiger partial charge on any atom is 0.340 e. The van der Waals surface area contributed by atoms with E-state index in [9.17, 15) is 9.90 Å². The van der Waals surface area contributed by atoms with Gasteiger partial charge in [0.25, 0.3) is 0 Å². The number of methoxy groups -OCH3 is 1. The zero-order chi connectivity index (χ0) is 14.7. The number of nitrogen functional groups attached to an aromatic ring is 1. The monoisotopic (exact) mass is 280 g/mol. The lowest BCUT2D eigenvalue weighted by molar-refractivity contribution is -0.0421. The molecule has 1 aliphatic heterocycles. The van der Waals surface area contributed by atoms with Gasteiger partial charge in [0.2, 0.25) is 0 Å². The first-order chi connectivity index (χ1) is 9.55. The number of benzene rings is 1. The van der Waals surface area contributed by atoms with Gasteiger partial charge < -0.3 is 25.2 Å². The van der Waals surface area contributed by atoms with Crippen LogP contribution in [0.4, 0.5) is 11.4 Å². The molecule has 1 saturated heterocycles. The van der Waals surface area contributed by atoms with E-state index < -0.39 is 5.97 Å². The normalized spacial score (nSPS) is 22.6. The van der Waals surface area contributed by atoms with Crippen LogP contribution in [0.2, 0.25) is 0 Å². The third-order valence-corrected chi connectivity index (χ3v) is 3.34. The lowest BCUT2D eigenvalue weighted by Crippen LogP contribution is -2.48. The van der Waals surface area contributed by atoms with Crippen LogP contribution < -0.4 is 10.6 Å². The predicted octanol–water partition coefficient (Wildman–Crippen LogP) is 0.641. The molecule has 6 nitrogen and oxygen atoms in total. The third kappa shape index (κ3) is 3.02. The summed E-state index contributed by atoms with van der Waals surface area (Å²) in [4.78, 5) is 13.7. The number of morpholine rings is 1. The van der Waals surface area contributed by atoms with Gasteiger partial charge in [-0.05, 0) is 25.1 Å². The zero-order valence-electron chi connectivity index (χ0n) is 11.7. The number of esters is 1. The lowest BCUT2D eigenvalue weighted by atomic mass is 10.1. The van der Waals surface area contributed by atoms with Crippen molar-refractivity contribution < 1.29 is 19.4 Å². The van der Waals surface area contributed by atoms with Crippen molar-refractivity contribution in [3.63, 3.8) is 0 Å². The molecule has 20 heavy (non-hydrogen) atoms. The molecule has 0 radical (unpaired) electrons. The number of anilines is 2. The van der Waals surface area contributed by atoms with E-state index in [-0.39, 0.29) is 18.8 Å². The van der Waals surface area contributed by atoms with Crippen molar-refractivity contribution in [2.75, 3.05) is 37.4 Å². The summed E-state index contributed by atoms with van der Waals surface area (Å²) in [6.07, 6.45) is -0.210. The first-order valence-electron chi connectivity index (χ1n) is 6.54. The molecule has 1 aliphatic rings. The van der Waals surface area contributed by atoms with Gasteiger partial charge in [-0.15, -0.1) is 0 Å². The van der Waals surface area contributed by atoms with Crippen LogP contribution in [-0.2, 0) is 9.47 Å². The molecule has 2 atom stereocenters. The van der Waals surface area contributed by atoms with E-state index in [1.165, 1.54) is 7.11 Å². The van der Waals surface area contributed by atoms with Crippen molar-refractivity contribution in [3.05, 3.63) is 23.8 Å². The van der Waals surface area contributed by atoms with Crippen molar-refractivity contribution in [3.8, 4) is 0 Å². The number of aliphatic hydroxyl groups excluding tert-OH is 1. The molecule has 6 heteroatoms. The van der Waals surface area contributed by atoms with E-state index in [2.05, 4.69) is 4.90 Å². The third-order valence-electron chi connectivity index (χ3n) is 3.34. The number of nitrogens with zero attached hydrogens (tertiary/aromatic N) is 1. The Kier molecular flexibility index (Phi) is 4.46. The van der Waals surface area contributed by atoms with E-state index in [0.717, 1.165) is 5.69 Å². The molecular weight excluding hydrogens is 260 g/mol. The maximum atomic E-state index is 11.7. The highest BCUT2D eigenvalue weighted by Crippen LogP contribution is 2.25. The summed E-state index contributed by atoms with van der Waals surface area (Å²) in [5.74, 6) is -0.454. The molecule has 2 unspecified atom stereocenters. The molecule has 1 fully saturated rings. The summed E-state index contributed by atoms with van der Waals surface area (Å²) in [7, 11) is 1.33. The summed E-state index contributed by atoms with van der Waals surface area (Å²) in [6, 6.07) is 5.26. The molecule has 0 aliphatic carbocycles. The van der Waals surface area contributed by atoms with Crippen molar-refractivity contribution in [2.45, 2.75) is 19.1 Å². The van der Waals surface area contributed by atoms with Crippen molar-refractivity contribution in [2.24, 2.45) is 0 Å². The zero-order valence-corrected chi connectivity index (χ0v) is 11.7. The summed E-state index contributed by atoms with van der Waals surface area (Å²) >= 11 is 0.